The minimum Gasteiger partial charge on any atom is -0.391 e. The van der Waals surface area contributed by atoms with Crippen LogP contribution in [0.15, 0.2) is 30.3 Å². The van der Waals surface area contributed by atoms with Crippen LogP contribution in [0.1, 0.15) is 50.5 Å². The Hall–Kier alpha value is -1.39. The molecule has 1 aliphatic carbocycles. The Labute approximate surface area is 145 Å². The SMILES string of the molecule is C[C@H](CC(=O)N1CCN([C@H]2CCCC[C@@H]2O)CC1)c1ccccc1. The van der Waals surface area contributed by atoms with E-state index in [4.69, 9.17) is 0 Å². The summed E-state index contributed by atoms with van der Waals surface area (Å²) < 4.78 is 0. The second-order valence-corrected chi connectivity index (χ2v) is 7.35. The number of aliphatic hydroxyl groups excluding tert-OH is 1. The molecule has 1 saturated carbocycles. The van der Waals surface area contributed by atoms with Crippen LogP contribution in [-0.4, -0.2) is 59.1 Å². The molecule has 0 spiro atoms. The average molecular weight is 330 g/mol. The van der Waals surface area contributed by atoms with Gasteiger partial charge in [0.1, 0.15) is 0 Å². The molecule has 2 fully saturated rings. The third-order valence-electron chi connectivity index (χ3n) is 5.68. The predicted molar refractivity (Wildman–Crippen MR) is 95.9 cm³/mol. The fraction of sp³-hybridized carbons (Fsp3) is 0.650. The number of rotatable bonds is 4. The van der Waals surface area contributed by atoms with Crippen molar-refractivity contribution in [1.29, 1.82) is 0 Å². The van der Waals surface area contributed by atoms with E-state index in [0.29, 0.717) is 12.5 Å². The topological polar surface area (TPSA) is 43.8 Å². The van der Waals surface area contributed by atoms with Crippen LogP contribution in [-0.2, 0) is 4.79 Å². The summed E-state index contributed by atoms with van der Waals surface area (Å²) in [5.74, 6) is 0.520. The molecular weight excluding hydrogens is 300 g/mol. The number of amides is 1. The predicted octanol–water partition coefficient (Wildman–Crippen LogP) is 2.63. The summed E-state index contributed by atoms with van der Waals surface area (Å²) in [5.41, 5.74) is 1.23. The van der Waals surface area contributed by atoms with E-state index in [1.54, 1.807) is 0 Å². The number of hydrogen-bond acceptors (Lipinski definition) is 3. The van der Waals surface area contributed by atoms with Crippen LogP contribution in [0.5, 0.6) is 0 Å². The first-order valence-electron chi connectivity index (χ1n) is 9.40. The van der Waals surface area contributed by atoms with Crippen LogP contribution in [0.25, 0.3) is 0 Å². The second-order valence-electron chi connectivity index (χ2n) is 7.35. The first-order valence-corrected chi connectivity index (χ1v) is 9.40. The number of aliphatic hydroxyl groups is 1. The quantitative estimate of drug-likeness (QED) is 0.923. The molecule has 0 bridgehead atoms. The lowest BCUT2D eigenvalue weighted by molar-refractivity contribution is -0.134. The van der Waals surface area contributed by atoms with E-state index in [2.05, 4.69) is 24.0 Å². The normalized spacial score (nSPS) is 27.0. The number of carbonyl (C=O) groups excluding carboxylic acids is 1. The Kier molecular flexibility index (Phi) is 5.90. The lowest BCUT2D eigenvalue weighted by Crippen LogP contribution is -2.55. The summed E-state index contributed by atoms with van der Waals surface area (Å²) in [4.78, 5) is 17.0. The van der Waals surface area contributed by atoms with Gasteiger partial charge < -0.3 is 10.0 Å². The highest BCUT2D eigenvalue weighted by Crippen LogP contribution is 2.25. The zero-order valence-electron chi connectivity index (χ0n) is 14.7. The molecular formula is C20H30N2O2. The third kappa shape index (κ3) is 4.17. The zero-order chi connectivity index (χ0) is 16.9. The van der Waals surface area contributed by atoms with Crippen LogP contribution < -0.4 is 0 Å². The molecule has 2 aliphatic rings. The van der Waals surface area contributed by atoms with Gasteiger partial charge in [-0.3, -0.25) is 9.69 Å². The third-order valence-corrected chi connectivity index (χ3v) is 5.68. The van der Waals surface area contributed by atoms with Crippen LogP contribution in [0.4, 0.5) is 0 Å². The second kappa shape index (κ2) is 8.13. The Balaban J connectivity index is 1.48. The van der Waals surface area contributed by atoms with Crippen molar-refractivity contribution in [2.24, 2.45) is 0 Å². The maximum Gasteiger partial charge on any atom is 0.223 e. The maximum atomic E-state index is 12.6. The van der Waals surface area contributed by atoms with Crippen molar-refractivity contribution in [3.8, 4) is 0 Å². The maximum absolute atomic E-state index is 12.6. The van der Waals surface area contributed by atoms with Crippen molar-refractivity contribution in [3.63, 3.8) is 0 Å². The van der Waals surface area contributed by atoms with Gasteiger partial charge in [-0.25, -0.2) is 0 Å². The average Bonchev–Trinajstić information content (AvgIpc) is 2.63. The summed E-state index contributed by atoms with van der Waals surface area (Å²) >= 11 is 0. The number of piperazine rings is 1. The molecule has 1 N–H and O–H groups in total. The first-order chi connectivity index (χ1) is 11.6. The minimum absolute atomic E-state index is 0.181. The zero-order valence-corrected chi connectivity index (χ0v) is 14.7. The standard InChI is InChI=1S/C20H30N2O2/c1-16(17-7-3-2-4-8-17)15-20(24)22-13-11-21(12-14-22)18-9-5-6-10-19(18)23/h2-4,7-8,16,18-19,23H,5-6,9-15H2,1H3/t16-,18+,19+/m1/s1. The number of carbonyl (C=O) groups is 1. The molecule has 0 radical (unpaired) electrons. The smallest absolute Gasteiger partial charge is 0.223 e. The van der Waals surface area contributed by atoms with E-state index in [9.17, 15) is 9.90 Å². The number of benzene rings is 1. The monoisotopic (exact) mass is 330 g/mol. The van der Waals surface area contributed by atoms with E-state index in [0.717, 1.165) is 45.4 Å². The van der Waals surface area contributed by atoms with Gasteiger partial charge in [-0.05, 0) is 24.3 Å². The summed E-state index contributed by atoms with van der Waals surface area (Å²) in [6.45, 7) is 5.51. The molecule has 4 nitrogen and oxygen atoms in total. The molecule has 0 unspecified atom stereocenters. The van der Waals surface area contributed by atoms with Crippen molar-refractivity contribution in [1.82, 2.24) is 9.80 Å². The molecule has 1 aromatic carbocycles. The van der Waals surface area contributed by atoms with Gasteiger partial charge in [-0.15, -0.1) is 0 Å². The van der Waals surface area contributed by atoms with Crippen LogP contribution in [0.3, 0.4) is 0 Å². The van der Waals surface area contributed by atoms with Gasteiger partial charge in [0.25, 0.3) is 0 Å². The molecule has 1 aliphatic heterocycles. The lowest BCUT2D eigenvalue weighted by Gasteiger charge is -2.42. The van der Waals surface area contributed by atoms with Crippen molar-refractivity contribution < 1.29 is 9.90 Å². The molecule has 3 atom stereocenters. The van der Waals surface area contributed by atoms with Crippen LogP contribution >= 0.6 is 0 Å². The van der Waals surface area contributed by atoms with Gasteiger partial charge >= 0.3 is 0 Å². The Morgan fingerprint density at radius 1 is 1.12 bits per heavy atom. The first kappa shape index (κ1) is 17.4. The Morgan fingerprint density at radius 2 is 1.79 bits per heavy atom. The van der Waals surface area contributed by atoms with Gasteiger partial charge in [0.05, 0.1) is 6.10 Å². The summed E-state index contributed by atoms with van der Waals surface area (Å²) in [7, 11) is 0. The van der Waals surface area contributed by atoms with Gasteiger partial charge in [0, 0.05) is 38.6 Å². The molecule has 0 aromatic heterocycles. The molecule has 1 aromatic rings. The molecule has 132 valence electrons. The van der Waals surface area contributed by atoms with Gasteiger partial charge in [-0.1, -0.05) is 50.1 Å². The van der Waals surface area contributed by atoms with Crippen molar-refractivity contribution in [2.75, 3.05) is 26.2 Å². The molecule has 3 rings (SSSR count). The number of hydrogen-bond donors (Lipinski definition) is 1. The van der Waals surface area contributed by atoms with Gasteiger partial charge in [0.2, 0.25) is 5.91 Å². The minimum atomic E-state index is -0.181. The van der Waals surface area contributed by atoms with E-state index < -0.39 is 0 Å². The summed E-state index contributed by atoms with van der Waals surface area (Å²) in [5, 5.41) is 10.2. The molecule has 1 heterocycles. The summed E-state index contributed by atoms with van der Waals surface area (Å²) in [6.07, 6.45) is 4.79. The Morgan fingerprint density at radius 3 is 2.46 bits per heavy atom. The molecule has 4 heteroatoms. The van der Waals surface area contributed by atoms with Crippen LogP contribution in [0.2, 0.25) is 0 Å². The molecule has 1 amide bonds. The fourth-order valence-corrected chi connectivity index (χ4v) is 4.11. The Bertz CT molecular complexity index is 526. The largest absolute Gasteiger partial charge is 0.391 e. The lowest BCUT2D eigenvalue weighted by atomic mass is 9.91. The van der Waals surface area contributed by atoms with E-state index >= 15 is 0 Å². The van der Waals surface area contributed by atoms with Gasteiger partial charge in [0.15, 0.2) is 0 Å². The van der Waals surface area contributed by atoms with Crippen LogP contribution in [0, 0.1) is 0 Å². The molecule has 24 heavy (non-hydrogen) atoms. The number of nitrogens with zero attached hydrogens (tertiary/aromatic N) is 2. The highest BCUT2D eigenvalue weighted by Gasteiger charge is 2.32. The highest BCUT2D eigenvalue weighted by molar-refractivity contribution is 5.77. The fourth-order valence-electron chi connectivity index (χ4n) is 4.11. The highest BCUT2D eigenvalue weighted by atomic mass is 16.3. The van der Waals surface area contributed by atoms with Crippen molar-refractivity contribution >= 4 is 5.91 Å². The van der Waals surface area contributed by atoms with E-state index in [1.165, 1.54) is 12.0 Å². The van der Waals surface area contributed by atoms with Crippen molar-refractivity contribution in [3.05, 3.63) is 35.9 Å². The van der Waals surface area contributed by atoms with E-state index in [1.807, 2.05) is 23.1 Å². The van der Waals surface area contributed by atoms with E-state index in [-0.39, 0.29) is 17.9 Å². The summed E-state index contributed by atoms with van der Waals surface area (Å²) in [6, 6.07) is 10.6. The van der Waals surface area contributed by atoms with Crippen molar-refractivity contribution in [2.45, 2.75) is 57.1 Å². The molecule has 1 saturated heterocycles. The van der Waals surface area contributed by atoms with Gasteiger partial charge in [-0.2, -0.15) is 0 Å².